The van der Waals surface area contributed by atoms with Gasteiger partial charge in [0.1, 0.15) is 6.10 Å². The summed E-state index contributed by atoms with van der Waals surface area (Å²) in [6.07, 6.45) is 4.35. The Hall–Kier alpha value is -1.76. The van der Waals surface area contributed by atoms with Crippen LogP contribution in [0.15, 0.2) is 41.9 Å². The van der Waals surface area contributed by atoms with Crippen LogP contribution in [0.3, 0.4) is 0 Å². The predicted octanol–water partition coefficient (Wildman–Crippen LogP) is 2.97. The Morgan fingerprint density at radius 1 is 1.27 bits per heavy atom. The lowest BCUT2D eigenvalue weighted by Crippen LogP contribution is -2.61. The summed E-state index contributed by atoms with van der Waals surface area (Å²) in [7, 11) is 0. The first-order valence-corrected chi connectivity index (χ1v) is 10.2. The molecule has 2 aliphatic rings. The number of piperidine rings is 1. The number of nitrogens with zero attached hydrogens (tertiary/aromatic N) is 3. The summed E-state index contributed by atoms with van der Waals surface area (Å²) in [6.45, 7) is 5.59. The van der Waals surface area contributed by atoms with E-state index in [4.69, 9.17) is 4.74 Å². The third-order valence-electron chi connectivity index (χ3n) is 5.46. The lowest BCUT2D eigenvalue weighted by molar-refractivity contribution is -0.161. The van der Waals surface area contributed by atoms with Gasteiger partial charge >= 0.3 is 0 Å². The molecule has 1 aromatic carbocycles. The second-order valence-corrected chi connectivity index (χ2v) is 8.13. The molecule has 1 spiro atoms. The van der Waals surface area contributed by atoms with Gasteiger partial charge in [-0.15, -0.1) is 11.3 Å². The van der Waals surface area contributed by atoms with Crippen LogP contribution in [-0.4, -0.2) is 53.7 Å². The zero-order valence-corrected chi connectivity index (χ0v) is 16.0. The topological polar surface area (TPSA) is 45.7 Å². The first-order valence-electron chi connectivity index (χ1n) is 9.30. The molecular formula is C20H25N3O2S. The number of aromatic nitrogens is 1. The number of likely N-dealkylation sites (tertiary alicyclic amines) is 1. The van der Waals surface area contributed by atoms with E-state index in [2.05, 4.69) is 40.2 Å². The summed E-state index contributed by atoms with van der Waals surface area (Å²) in [6, 6.07) is 10.6. The molecule has 3 heterocycles. The molecule has 1 unspecified atom stereocenters. The number of ether oxygens (including phenoxy) is 1. The van der Waals surface area contributed by atoms with Gasteiger partial charge in [0.25, 0.3) is 5.91 Å². The summed E-state index contributed by atoms with van der Waals surface area (Å²) < 4.78 is 6.23. The smallest absolute Gasteiger partial charge is 0.257 e. The SMILES string of the molecule is CC1OC2(CCN(CCc3ccccc3)CC2)CN(c2nccs2)C1=O. The van der Waals surface area contributed by atoms with Crippen LogP contribution < -0.4 is 4.90 Å². The van der Waals surface area contributed by atoms with Gasteiger partial charge in [-0.05, 0) is 31.7 Å². The van der Waals surface area contributed by atoms with Crippen molar-refractivity contribution in [2.24, 2.45) is 0 Å². The number of amides is 1. The van der Waals surface area contributed by atoms with Crippen LogP contribution in [-0.2, 0) is 16.0 Å². The van der Waals surface area contributed by atoms with E-state index in [0.29, 0.717) is 6.54 Å². The number of anilines is 1. The van der Waals surface area contributed by atoms with Gasteiger partial charge in [0.2, 0.25) is 0 Å². The largest absolute Gasteiger partial charge is 0.360 e. The fraction of sp³-hybridized carbons (Fsp3) is 0.500. The van der Waals surface area contributed by atoms with Crippen LogP contribution in [0.5, 0.6) is 0 Å². The highest BCUT2D eigenvalue weighted by Gasteiger charge is 2.46. The Balaban J connectivity index is 1.37. The molecule has 2 aliphatic heterocycles. The van der Waals surface area contributed by atoms with E-state index in [1.165, 1.54) is 16.9 Å². The van der Waals surface area contributed by atoms with Gasteiger partial charge in [-0.1, -0.05) is 30.3 Å². The lowest BCUT2D eigenvalue weighted by Gasteiger charge is -2.48. The molecule has 26 heavy (non-hydrogen) atoms. The molecule has 4 rings (SSSR count). The van der Waals surface area contributed by atoms with Crippen LogP contribution in [0, 0.1) is 0 Å². The average Bonchev–Trinajstić information content (AvgIpc) is 3.20. The third-order valence-corrected chi connectivity index (χ3v) is 6.26. The number of hydrogen-bond acceptors (Lipinski definition) is 5. The highest BCUT2D eigenvalue weighted by Crippen LogP contribution is 2.35. The average molecular weight is 372 g/mol. The molecule has 1 aromatic heterocycles. The fourth-order valence-corrected chi connectivity index (χ4v) is 4.60. The minimum atomic E-state index is -0.400. The van der Waals surface area contributed by atoms with Crippen LogP contribution in [0.25, 0.3) is 0 Å². The highest BCUT2D eigenvalue weighted by molar-refractivity contribution is 7.13. The maximum absolute atomic E-state index is 12.5. The first kappa shape index (κ1) is 17.6. The van der Waals surface area contributed by atoms with E-state index in [1.807, 2.05) is 17.2 Å². The molecule has 2 aromatic rings. The van der Waals surface area contributed by atoms with E-state index in [-0.39, 0.29) is 11.5 Å². The molecule has 6 heteroatoms. The van der Waals surface area contributed by atoms with Gasteiger partial charge in [0.05, 0.1) is 12.1 Å². The highest BCUT2D eigenvalue weighted by atomic mass is 32.1. The second-order valence-electron chi connectivity index (χ2n) is 7.26. The molecular weight excluding hydrogens is 346 g/mol. The van der Waals surface area contributed by atoms with E-state index in [0.717, 1.165) is 44.0 Å². The van der Waals surface area contributed by atoms with Gasteiger partial charge < -0.3 is 9.64 Å². The maximum atomic E-state index is 12.5. The molecule has 1 amide bonds. The minimum absolute atomic E-state index is 0.0251. The summed E-state index contributed by atoms with van der Waals surface area (Å²) in [5.41, 5.74) is 1.15. The lowest BCUT2D eigenvalue weighted by atomic mass is 9.88. The van der Waals surface area contributed by atoms with Gasteiger partial charge in [0, 0.05) is 31.2 Å². The van der Waals surface area contributed by atoms with Crippen LogP contribution in [0.1, 0.15) is 25.3 Å². The van der Waals surface area contributed by atoms with Crippen molar-refractivity contribution in [2.45, 2.75) is 37.9 Å². The zero-order valence-electron chi connectivity index (χ0n) is 15.1. The van der Waals surface area contributed by atoms with Crippen molar-refractivity contribution in [2.75, 3.05) is 31.1 Å². The number of hydrogen-bond donors (Lipinski definition) is 0. The van der Waals surface area contributed by atoms with Crippen molar-refractivity contribution < 1.29 is 9.53 Å². The van der Waals surface area contributed by atoms with E-state index >= 15 is 0 Å². The van der Waals surface area contributed by atoms with E-state index in [1.54, 1.807) is 6.20 Å². The van der Waals surface area contributed by atoms with Gasteiger partial charge in [-0.3, -0.25) is 9.69 Å². The molecule has 0 bridgehead atoms. The molecule has 0 saturated carbocycles. The zero-order chi connectivity index (χ0) is 18.0. The molecule has 138 valence electrons. The van der Waals surface area contributed by atoms with Gasteiger partial charge in [-0.2, -0.15) is 0 Å². The molecule has 0 N–H and O–H groups in total. The van der Waals surface area contributed by atoms with E-state index < -0.39 is 6.10 Å². The minimum Gasteiger partial charge on any atom is -0.360 e. The Bertz CT molecular complexity index is 727. The maximum Gasteiger partial charge on any atom is 0.257 e. The molecule has 0 radical (unpaired) electrons. The van der Waals surface area contributed by atoms with Crippen molar-refractivity contribution in [1.29, 1.82) is 0 Å². The Morgan fingerprint density at radius 2 is 2.04 bits per heavy atom. The molecule has 2 saturated heterocycles. The number of benzene rings is 1. The van der Waals surface area contributed by atoms with Crippen molar-refractivity contribution in [3.63, 3.8) is 0 Å². The summed E-state index contributed by atoms with van der Waals surface area (Å²) >= 11 is 1.52. The van der Waals surface area contributed by atoms with Crippen LogP contribution in [0.2, 0.25) is 0 Å². The predicted molar refractivity (Wildman–Crippen MR) is 104 cm³/mol. The third kappa shape index (κ3) is 3.68. The number of thiazole rings is 1. The number of carbonyl (C=O) groups excluding carboxylic acids is 1. The summed E-state index contributed by atoms with van der Waals surface area (Å²) in [4.78, 5) is 21.2. The normalized spacial score (nSPS) is 23.5. The second kappa shape index (κ2) is 7.47. The van der Waals surface area contributed by atoms with Crippen molar-refractivity contribution in [1.82, 2.24) is 9.88 Å². The van der Waals surface area contributed by atoms with Crippen molar-refractivity contribution >= 4 is 22.4 Å². The van der Waals surface area contributed by atoms with Gasteiger partial charge in [0.15, 0.2) is 5.13 Å². The van der Waals surface area contributed by atoms with Crippen LogP contribution in [0.4, 0.5) is 5.13 Å². The van der Waals surface area contributed by atoms with Gasteiger partial charge in [-0.25, -0.2) is 4.98 Å². The van der Waals surface area contributed by atoms with Crippen molar-refractivity contribution in [3.05, 3.63) is 47.5 Å². The summed E-state index contributed by atoms with van der Waals surface area (Å²) in [5.74, 6) is 0.0251. The Kier molecular flexibility index (Phi) is 5.07. The number of morpholine rings is 1. The van der Waals surface area contributed by atoms with E-state index in [9.17, 15) is 4.79 Å². The fourth-order valence-electron chi connectivity index (χ4n) is 3.95. The molecule has 1 atom stereocenters. The monoisotopic (exact) mass is 371 g/mol. The van der Waals surface area contributed by atoms with Crippen LogP contribution >= 0.6 is 11.3 Å². The molecule has 5 nitrogen and oxygen atoms in total. The summed E-state index contributed by atoms with van der Waals surface area (Å²) in [5, 5.41) is 2.71. The first-order chi connectivity index (χ1) is 12.7. The van der Waals surface area contributed by atoms with Crippen molar-refractivity contribution in [3.8, 4) is 0 Å². The Labute approximate surface area is 158 Å². The number of rotatable bonds is 4. The standard InChI is InChI=1S/C20H25N3O2S/c1-16-18(24)23(19-21-10-14-26-19)15-20(25-16)8-12-22(13-9-20)11-7-17-5-3-2-4-6-17/h2-6,10,14,16H,7-9,11-13,15H2,1H3. The quantitative estimate of drug-likeness (QED) is 0.829. The number of carbonyl (C=O) groups is 1. The molecule has 0 aliphatic carbocycles. The molecule has 2 fully saturated rings. The Morgan fingerprint density at radius 3 is 2.73 bits per heavy atom.